The number of hydrogen-bond donors (Lipinski definition) is 0. The van der Waals surface area contributed by atoms with Crippen LogP contribution >= 0.6 is 10.3 Å². The van der Waals surface area contributed by atoms with Gasteiger partial charge in [0.05, 0.1) is 4.90 Å². The maximum Gasteiger partial charge on any atom is 0.307 e. The van der Waals surface area contributed by atoms with Crippen LogP contribution in [-0.2, 0) is 13.7 Å². The van der Waals surface area contributed by atoms with Gasteiger partial charge < -0.3 is 9.47 Å². The van der Waals surface area contributed by atoms with Crippen LogP contribution in [0.4, 0.5) is 0 Å². The monoisotopic (exact) mass is 592 g/mol. The van der Waals surface area contributed by atoms with Crippen LogP contribution in [0, 0.1) is 13.8 Å². The molecule has 5 nitrogen and oxygen atoms in total. The van der Waals surface area contributed by atoms with Gasteiger partial charge in [0.1, 0.15) is 22.7 Å². The topological polar surface area (TPSA) is 61.8 Å². The number of benzene rings is 4. The largest absolute Gasteiger partial charge is 0.488 e. The summed E-state index contributed by atoms with van der Waals surface area (Å²) in [7, 11) is -7.00. The Morgan fingerprint density at radius 2 is 0.951 bits per heavy atom. The molecular formula is C34H40O5S2. The Morgan fingerprint density at radius 3 is 1.37 bits per heavy atom. The molecule has 0 aliphatic rings. The Labute approximate surface area is 247 Å². The Balaban J connectivity index is 1.98. The second-order valence-corrected chi connectivity index (χ2v) is 16.4. The van der Waals surface area contributed by atoms with E-state index < -0.39 is 20.4 Å². The zero-order chi connectivity index (χ0) is 30.1. The molecule has 0 saturated carbocycles. The van der Waals surface area contributed by atoms with Crippen LogP contribution in [0.1, 0.15) is 52.7 Å². The molecule has 41 heavy (non-hydrogen) atoms. The number of ether oxygens (including phenoxy) is 2. The second kappa shape index (κ2) is 11.6. The Bertz CT molecular complexity index is 1520. The van der Waals surface area contributed by atoms with E-state index in [0.717, 1.165) is 25.8 Å². The molecule has 0 heterocycles. The molecule has 0 atom stereocenters. The van der Waals surface area contributed by atoms with Crippen molar-refractivity contribution in [1.82, 2.24) is 0 Å². The van der Waals surface area contributed by atoms with Crippen molar-refractivity contribution in [3.05, 3.63) is 108 Å². The predicted octanol–water partition coefficient (Wildman–Crippen LogP) is 9.26. The van der Waals surface area contributed by atoms with E-state index in [1.807, 2.05) is 128 Å². The predicted molar refractivity (Wildman–Crippen MR) is 167 cm³/mol. The van der Waals surface area contributed by atoms with Gasteiger partial charge in [0, 0.05) is 14.7 Å². The summed E-state index contributed by atoms with van der Waals surface area (Å²) in [6, 6.07) is 29.7. The van der Waals surface area contributed by atoms with Gasteiger partial charge >= 0.3 is 10.1 Å². The molecule has 4 rings (SSSR count). The minimum atomic E-state index is -4.20. The van der Waals surface area contributed by atoms with Crippen LogP contribution in [0.5, 0.6) is 11.5 Å². The van der Waals surface area contributed by atoms with Gasteiger partial charge in [0.2, 0.25) is 0 Å². The third-order valence-electron chi connectivity index (χ3n) is 6.06. The third kappa shape index (κ3) is 7.34. The molecule has 218 valence electrons. The number of aryl methyl sites for hydroxylation is 2. The standard InChI is InChI=1S/C34H40O5S2/c1-25-13-19-31(20-14-25)41(35,36)39-40(32-12-10-9-11-26(32)2,29-21-15-27(16-22-29)37-33(3,4)5)30-23-17-28(18-24-30)38-34(6,7)8/h9-24H,1-8H3. The highest BCUT2D eigenvalue weighted by atomic mass is 32.3. The Kier molecular flexibility index (Phi) is 8.65. The van der Waals surface area contributed by atoms with Gasteiger partial charge in [-0.1, -0.05) is 35.9 Å². The lowest BCUT2D eigenvalue weighted by Gasteiger charge is -2.40. The van der Waals surface area contributed by atoms with Crippen LogP contribution in [-0.4, -0.2) is 19.6 Å². The number of rotatable bonds is 8. The molecule has 0 aliphatic carbocycles. The zero-order valence-electron chi connectivity index (χ0n) is 25.1. The van der Waals surface area contributed by atoms with Gasteiger partial charge in [0.15, 0.2) is 0 Å². The first-order valence-corrected chi connectivity index (χ1v) is 16.6. The van der Waals surface area contributed by atoms with Crippen molar-refractivity contribution in [2.75, 3.05) is 0 Å². The fourth-order valence-electron chi connectivity index (χ4n) is 4.37. The van der Waals surface area contributed by atoms with E-state index in [4.69, 9.17) is 13.1 Å². The average molecular weight is 593 g/mol. The van der Waals surface area contributed by atoms with Crippen molar-refractivity contribution in [1.29, 1.82) is 0 Å². The fraction of sp³-hybridized carbons (Fsp3) is 0.294. The normalized spacial score (nSPS) is 13.1. The molecule has 0 N–H and O–H groups in total. The van der Waals surface area contributed by atoms with Crippen molar-refractivity contribution in [2.45, 2.75) is 86.2 Å². The molecule has 0 aromatic heterocycles. The summed E-state index contributed by atoms with van der Waals surface area (Å²) in [5.41, 5.74) is 1.13. The van der Waals surface area contributed by atoms with E-state index in [9.17, 15) is 8.42 Å². The summed E-state index contributed by atoms with van der Waals surface area (Å²) in [6.07, 6.45) is 0. The zero-order valence-corrected chi connectivity index (χ0v) is 26.7. The van der Waals surface area contributed by atoms with E-state index >= 15 is 0 Å². The molecule has 0 amide bonds. The average Bonchev–Trinajstić information content (AvgIpc) is 2.87. The van der Waals surface area contributed by atoms with Crippen molar-refractivity contribution in [3.63, 3.8) is 0 Å². The van der Waals surface area contributed by atoms with Gasteiger partial charge in [0.25, 0.3) is 0 Å². The Hall–Kier alpha value is -3.26. The van der Waals surface area contributed by atoms with Crippen LogP contribution in [0.3, 0.4) is 0 Å². The van der Waals surface area contributed by atoms with Crippen LogP contribution in [0.15, 0.2) is 117 Å². The van der Waals surface area contributed by atoms with Gasteiger partial charge in [-0.2, -0.15) is 8.42 Å². The maximum atomic E-state index is 14.0. The van der Waals surface area contributed by atoms with Crippen molar-refractivity contribution in [3.8, 4) is 11.5 Å². The van der Waals surface area contributed by atoms with Gasteiger partial charge in [-0.05, 0) is 138 Å². The van der Waals surface area contributed by atoms with Crippen molar-refractivity contribution >= 4 is 20.4 Å². The summed E-state index contributed by atoms with van der Waals surface area (Å²) in [5, 5.41) is 0. The van der Waals surface area contributed by atoms with E-state index in [0.29, 0.717) is 11.5 Å². The van der Waals surface area contributed by atoms with Crippen molar-refractivity contribution in [2.24, 2.45) is 0 Å². The van der Waals surface area contributed by atoms with E-state index in [1.54, 1.807) is 24.3 Å². The first-order valence-electron chi connectivity index (χ1n) is 13.6. The number of hydrogen-bond acceptors (Lipinski definition) is 5. The molecule has 0 fully saturated rings. The lowest BCUT2D eigenvalue weighted by Crippen LogP contribution is -2.23. The highest BCUT2D eigenvalue weighted by Gasteiger charge is 2.39. The molecule has 0 bridgehead atoms. The lowest BCUT2D eigenvalue weighted by molar-refractivity contribution is 0.130. The summed E-state index contributed by atoms with van der Waals surface area (Å²) in [5.74, 6) is 1.38. The summed E-state index contributed by atoms with van der Waals surface area (Å²) in [4.78, 5) is 2.36. The molecule has 0 unspecified atom stereocenters. The highest BCUT2D eigenvalue weighted by Crippen LogP contribution is 2.71. The van der Waals surface area contributed by atoms with Gasteiger partial charge in [-0.3, -0.25) is 0 Å². The lowest BCUT2D eigenvalue weighted by atomic mass is 10.2. The third-order valence-corrected chi connectivity index (χ3v) is 11.4. The van der Waals surface area contributed by atoms with Crippen LogP contribution < -0.4 is 9.47 Å². The smallest absolute Gasteiger partial charge is 0.307 e. The Morgan fingerprint density at radius 1 is 0.537 bits per heavy atom. The first-order chi connectivity index (χ1) is 19.1. The van der Waals surface area contributed by atoms with Crippen LogP contribution in [0.25, 0.3) is 0 Å². The molecule has 0 spiro atoms. The highest BCUT2D eigenvalue weighted by molar-refractivity contribution is 8.33. The van der Waals surface area contributed by atoms with Gasteiger partial charge in [-0.15, -0.1) is 0 Å². The summed E-state index contributed by atoms with van der Waals surface area (Å²) >= 11 is 0. The van der Waals surface area contributed by atoms with Crippen LogP contribution in [0.2, 0.25) is 0 Å². The minimum Gasteiger partial charge on any atom is -0.488 e. The second-order valence-electron chi connectivity index (χ2n) is 12.0. The molecule has 0 saturated heterocycles. The van der Waals surface area contributed by atoms with E-state index in [-0.39, 0.29) is 16.1 Å². The molecular weight excluding hydrogens is 553 g/mol. The maximum absolute atomic E-state index is 14.0. The summed E-state index contributed by atoms with van der Waals surface area (Å²) in [6.45, 7) is 15.8. The molecule has 7 heteroatoms. The molecule has 4 aromatic rings. The summed E-state index contributed by atoms with van der Waals surface area (Å²) < 4.78 is 46.8. The molecule has 0 aliphatic heterocycles. The molecule has 4 aromatic carbocycles. The SMILES string of the molecule is Cc1ccc(S(=O)(=O)OS(c2ccc(OC(C)(C)C)cc2)(c2ccc(OC(C)(C)C)cc2)c2ccccc2C)cc1. The fourth-order valence-corrected chi connectivity index (χ4v) is 9.76. The van der Waals surface area contributed by atoms with Crippen molar-refractivity contribution < 1.29 is 21.5 Å². The van der Waals surface area contributed by atoms with E-state index in [1.165, 1.54) is 0 Å². The minimum absolute atomic E-state index is 0.105. The van der Waals surface area contributed by atoms with E-state index in [2.05, 4.69) is 0 Å². The first kappa shape index (κ1) is 30.7. The van der Waals surface area contributed by atoms with Gasteiger partial charge in [-0.25, -0.2) is 3.63 Å². The quantitative estimate of drug-likeness (QED) is 0.204. The molecule has 0 radical (unpaired) electrons.